The van der Waals surface area contributed by atoms with Gasteiger partial charge in [0.2, 0.25) is 0 Å². The van der Waals surface area contributed by atoms with Gasteiger partial charge >= 0.3 is 6.18 Å². The molecule has 0 spiro atoms. The van der Waals surface area contributed by atoms with Crippen LogP contribution in [0.2, 0.25) is 5.02 Å². The molecule has 0 aliphatic carbocycles. The van der Waals surface area contributed by atoms with Gasteiger partial charge in [-0.05, 0) is 12.1 Å². The van der Waals surface area contributed by atoms with Crippen LogP contribution in [0.25, 0.3) is 0 Å². The Balaban J connectivity index is 2.29. The molecule has 16 heavy (non-hydrogen) atoms. The van der Waals surface area contributed by atoms with Crippen LogP contribution in [0.5, 0.6) is 0 Å². The van der Waals surface area contributed by atoms with Crippen LogP contribution >= 0.6 is 11.6 Å². The van der Waals surface area contributed by atoms with Crippen LogP contribution < -0.4 is 0 Å². The Bertz CT molecular complexity index is 386. The Morgan fingerprint density at radius 3 is 2.31 bits per heavy atom. The Hall–Kier alpha value is -0.780. The number of benzene rings is 1. The molecule has 2 rings (SSSR count). The van der Waals surface area contributed by atoms with Gasteiger partial charge in [0.1, 0.15) is 0 Å². The van der Waals surface area contributed by atoms with E-state index in [0.29, 0.717) is 18.8 Å². The summed E-state index contributed by atoms with van der Waals surface area (Å²) in [7, 11) is 0. The van der Waals surface area contributed by atoms with Gasteiger partial charge in [0.05, 0.1) is 18.8 Å². The standard InChI is InChI=1S/C10H8ClF3O2/c11-8-5-6(10(12,13)14)1-2-7(8)9-15-3-4-16-9/h1-2,5,9H,3-4H2. The molecule has 1 aliphatic heterocycles. The second-order valence-electron chi connectivity index (χ2n) is 3.31. The summed E-state index contributed by atoms with van der Waals surface area (Å²) in [4.78, 5) is 0. The van der Waals surface area contributed by atoms with E-state index in [0.717, 1.165) is 12.1 Å². The van der Waals surface area contributed by atoms with E-state index in [-0.39, 0.29) is 5.02 Å². The zero-order chi connectivity index (χ0) is 11.8. The lowest BCUT2D eigenvalue weighted by Crippen LogP contribution is -2.06. The van der Waals surface area contributed by atoms with E-state index < -0.39 is 18.0 Å². The fourth-order valence-corrected chi connectivity index (χ4v) is 1.70. The molecule has 0 N–H and O–H groups in total. The highest BCUT2D eigenvalue weighted by molar-refractivity contribution is 6.31. The van der Waals surface area contributed by atoms with E-state index in [9.17, 15) is 13.2 Å². The molecule has 1 aromatic carbocycles. The maximum absolute atomic E-state index is 12.4. The van der Waals surface area contributed by atoms with Crippen LogP contribution in [-0.4, -0.2) is 13.2 Å². The first-order chi connectivity index (χ1) is 7.48. The van der Waals surface area contributed by atoms with Gasteiger partial charge < -0.3 is 9.47 Å². The molecular weight excluding hydrogens is 245 g/mol. The largest absolute Gasteiger partial charge is 0.416 e. The van der Waals surface area contributed by atoms with E-state index in [1.165, 1.54) is 6.07 Å². The molecule has 2 nitrogen and oxygen atoms in total. The Kier molecular flexibility index (Phi) is 3.10. The van der Waals surface area contributed by atoms with E-state index in [1.54, 1.807) is 0 Å². The number of halogens is 4. The number of ether oxygens (including phenoxy) is 2. The van der Waals surface area contributed by atoms with Crippen molar-refractivity contribution in [2.24, 2.45) is 0 Å². The molecule has 1 aromatic rings. The van der Waals surface area contributed by atoms with Gasteiger partial charge in [0.15, 0.2) is 6.29 Å². The maximum Gasteiger partial charge on any atom is 0.416 e. The molecule has 1 heterocycles. The van der Waals surface area contributed by atoms with Crippen LogP contribution in [0.4, 0.5) is 13.2 Å². The van der Waals surface area contributed by atoms with Crippen molar-refractivity contribution in [1.29, 1.82) is 0 Å². The molecule has 1 fully saturated rings. The zero-order valence-electron chi connectivity index (χ0n) is 8.05. The molecule has 1 saturated heterocycles. The monoisotopic (exact) mass is 252 g/mol. The van der Waals surface area contributed by atoms with Gasteiger partial charge in [-0.3, -0.25) is 0 Å². The summed E-state index contributed by atoms with van der Waals surface area (Å²) in [5.41, 5.74) is -0.355. The van der Waals surface area contributed by atoms with Crippen LogP contribution in [0.1, 0.15) is 17.4 Å². The summed E-state index contributed by atoms with van der Waals surface area (Å²) >= 11 is 5.76. The lowest BCUT2D eigenvalue weighted by molar-refractivity contribution is -0.137. The fourth-order valence-electron chi connectivity index (χ4n) is 1.43. The normalized spacial score (nSPS) is 18.0. The van der Waals surface area contributed by atoms with Gasteiger partial charge in [0.25, 0.3) is 0 Å². The highest BCUT2D eigenvalue weighted by Gasteiger charge is 2.32. The van der Waals surface area contributed by atoms with Crippen LogP contribution in [0.3, 0.4) is 0 Å². The third kappa shape index (κ3) is 2.31. The zero-order valence-corrected chi connectivity index (χ0v) is 8.81. The molecule has 0 saturated carbocycles. The molecule has 0 radical (unpaired) electrons. The third-order valence-electron chi connectivity index (χ3n) is 2.20. The van der Waals surface area contributed by atoms with Crippen LogP contribution in [-0.2, 0) is 15.7 Å². The molecule has 88 valence electrons. The van der Waals surface area contributed by atoms with E-state index in [1.807, 2.05) is 0 Å². The van der Waals surface area contributed by atoms with Crippen molar-refractivity contribution in [3.63, 3.8) is 0 Å². The number of alkyl halides is 3. The first kappa shape index (κ1) is 11.7. The summed E-state index contributed by atoms with van der Waals surface area (Å²) in [6, 6.07) is 3.12. The predicted molar refractivity (Wildman–Crippen MR) is 51.1 cm³/mol. The van der Waals surface area contributed by atoms with Crippen molar-refractivity contribution in [3.8, 4) is 0 Å². The van der Waals surface area contributed by atoms with Gasteiger partial charge in [-0.25, -0.2) is 0 Å². The van der Waals surface area contributed by atoms with E-state index >= 15 is 0 Å². The Labute approximate surface area is 94.9 Å². The minimum atomic E-state index is -4.39. The lowest BCUT2D eigenvalue weighted by atomic mass is 10.1. The fraction of sp³-hybridized carbons (Fsp3) is 0.400. The summed E-state index contributed by atoms with van der Waals surface area (Å²) in [5.74, 6) is 0. The third-order valence-corrected chi connectivity index (χ3v) is 2.53. The molecule has 6 heteroatoms. The van der Waals surface area contributed by atoms with Crippen molar-refractivity contribution >= 4 is 11.6 Å². The second kappa shape index (κ2) is 4.24. The molecule has 0 atom stereocenters. The van der Waals surface area contributed by atoms with Crippen LogP contribution in [0, 0.1) is 0 Å². The number of hydrogen-bond donors (Lipinski definition) is 0. The minimum absolute atomic E-state index is 0.00160. The van der Waals surface area contributed by atoms with Gasteiger partial charge in [-0.1, -0.05) is 17.7 Å². The highest BCUT2D eigenvalue weighted by atomic mass is 35.5. The van der Waals surface area contributed by atoms with Gasteiger partial charge in [0, 0.05) is 10.6 Å². The summed E-state index contributed by atoms with van der Waals surface area (Å²) in [6.07, 6.45) is -5.05. The van der Waals surface area contributed by atoms with Gasteiger partial charge in [-0.2, -0.15) is 13.2 Å². The quantitative estimate of drug-likeness (QED) is 0.763. The highest BCUT2D eigenvalue weighted by Crippen LogP contribution is 2.35. The van der Waals surface area contributed by atoms with Crippen molar-refractivity contribution in [2.75, 3.05) is 13.2 Å². The minimum Gasteiger partial charge on any atom is -0.346 e. The average Bonchev–Trinajstić information content (AvgIpc) is 2.69. The molecule has 1 aliphatic rings. The summed E-state index contributed by atoms with van der Waals surface area (Å²) in [6.45, 7) is 0.837. The molecule has 0 aromatic heterocycles. The molecular formula is C10H8ClF3O2. The smallest absolute Gasteiger partial charge is 0.346 e. The Morgan fingerprint density at radius 2 is 1.81 bits per heavy atom. The number of hydrogen-bond acceptors (Lipinski definition) is 2. The molecule has 0 amide bonds. The van der Waals surface area contributed by atoms with E-state index in [2.05, 4.69) is 0 Å². The molecule has 0 unspecified atom stereocenters. The summed E-state index contributed by atoms with van der Waals surface area (Å²) < 4.78 is 47.4. The topological polar surface area (TPSA) is 18.5 Å². The van der Waals surface area contributed by atoms with Crippen molar-refractivity contribution in [3.05, 3.63) is 34.3 Å². The van der Waals surface area contributed by atoms with Crippen molar-refractivity contribution < 1.29 is 22.6 Å². The van der Waals surface area contributed by atoms with Crippen molar-refractivity contribution in [1.82, 2.24) is 0 Å². The second-order valence-corrected chi connectivity index (χ2v) is 3.71. The predicted octanol–water partition coefficient (Wildman–Crippen LogP) is 3.40. The first-order valence-electron chi connectivity index (χ1n) is 4.58. The average molecular weight is 253 g/mol. The van der Waals surface area contributed by atoms with Crippen molar-refractivity contribution in [2.45, 2.75) is 12.5 Å². The van der Waals surface area contributed by atoms with Crippen LogP contribution in [0.15, 0.2) is 18.2 Å². The van der Waals surface area contributed by atoms with Gasteiger partial charge in [-0.15, -0.1) is 0 Å². The maximum atomic E-state index is 12.4. The summed E-state index contributed by atoms with van der Waals surface area (Å²) in [5, 5.41) is 0.00160. The molecule has 0 bridgehead atoms. The van der Waals surface area contributed by atoms with E-state index in [4.69, 9.17) is 21.1 Å². The lowest BCUT2D eigenvalue weighted by Gasteiger charge is -2.13. The number of rotatable bonds is 1. The first-order valence-corrected chi connectivity index (χ1v) is 4.96. The SMILES string of the molecule is FC(F)(F)c1ccc(C2OCCO2)c(Cl)c1. The Morgan fingerprint density at radius 1 is 1.19 bits per heavy atom.